The first-order valence-electron chi connectivity index (χ1n) is 10.3. The molecule has 4 heteroatoms. The Morgan fingerprint density at radius 1 is 0.645 bits per heavy atom. The van der Waals surface area contributed by atoms with Gasteiger partial charge in [-0.15, -0.1) is 0 Å². The predicted molar refractivity (Wildman–Crippen MR) is 125 cm³/mol. The molecule has 0 bridgehead atoms. The highest BCUT2D eigenvalue weighted by atomic mass is 16.3. The second-order valence-corrected chi connectivity index (χ2v) is 7.74. The first-order valence-corrected chi connectivity index (χ1v) is 10.3. The van der Waals surface area contributed by atoms with Crippen LogP contribution >= 0.6 is 0 Å². The van der Waals surface area contributed by atoms with Crippen molar-refractivity contribution in [1.82, 2.24) is 14.0 Å². The Labute approximate surface area is 177 Å². The van der Waals surface area contributed by atoms with E-state index in [0.717, 1.165) is 28.1 Å². The van der Waals surface area contributed by atoms with Gasteiger partial charge < -0.3 is 4.42 Å². The van der Waals surface area contributed by atoms with Crippen LogP contribution < -0.4 is 0 Å². The van der Waals surface area contributed by atoms with Crippen molar-refractivity contribution in [2.24, 2.45) is 0 Å². The normalized spacial score (nSPS) is 11.9. The Kier molecular flexibility index (Phi) is 3.24. The van der Waals surface area contributed by atoms with E-state index < -0.39 is 0 Å². The van der Waals surface area contributed by atoms with Crippen molar-refractivity contribution in [2.45, 2.75) is 0 Å². The van der Waals surface area contributed by atoms with Gasteiger partial charge in [0.05, 0.1) is 17.2 Å². The summed E-state index contributed by atoms with van der Waals surface area (Å²) in [5.74, 6) is 1.57. The standard InChI is InChI=1S/C27H17N3O/c1-2-10-19-18(8-1)9-7-13-22(19)25-26(29-16-17-31-27(29)28-25)30-23-14-5-3-11-20(23)21-12-4-6-15-24(21)30/h1-17H. The van der Waals surface area contributed by atoms with E-state index in [4.69, 9.17) is 9.40 Å². The van der Waals surface area contributed by atoms with Crippen molar-refractivity contribution in [3.63, 3.8) is 0 Å². The Morgan fingerprint density at radius 2 is 1.29 bits per heavy atom. The number of aromatic nitrogens is 3. The fraction of sp³-hybridized carbons (Fsp3) is 0. The van der Waals surface area contributed by atoms with E-state index in [1.807, 2.05) is 10.6 Å². The summed E-state index contributed by atoms with van der Waals surface area (Å²) in [7, 11) is 0. The molecule has 0 saturated carbocycles. The van der Waals surface area contributed by atoms with Crippen LogP contribution in [0.2, 0.25) is 0 Å². The van der Waals surface area contributed by atoms with Gasteiger partial charge >= 0.3 is 5.84 Å². The van der Waals surface area contributed by atoms with E-state index in [1.54, 1.807) is 6.26 Å². The number of para-hydroxylation sites is 2. The number of imidazole rings is 1. The zero-order valence-electron chi connectivity index (χ0n) is 16.6. The molecule has 0 amide bonds. The van der Waals surface area contributed by atoms with Crippen LogP contribution in [-0.2, 0) is 0 Å². The summed E-state index contributed by atoms with van der Waals surface area (Å²) in [5, 5.41) is 4.81. The van der Waals surface area contributed by atoms with Crippen molar-refractivity contribution >= 4 is 38.4 Å². The molecule has 7 aromatic rings. The average Bonchev–Trinajstić information content (AvgIpc) is 3.50. The summed E-state index contributed by atoms with van der Waals surface area (Å²) in [6.07, 6.45) is 3.63. The lowest BCUT2D eigenvalue weighted by Gasteiger charge is -2.11. The van der Waals surface area contributed by atoms with Crippen LogP contribution in [0.1, 0.15) is 0 Å². The Balaban J connectivity index is 1.68. The quantitative estimate of drug-likeness (QED) is 0.319. The number of rotatable bonds is 2. The molecule has 0 aliphatic heterocycles. The molecule has 31 heavy (non-hydrogen) atoms. The minimum Gasteiger partial charge on any atom is -0.432 e. The number of hydrogen-bond acceptors (Lipinski definition) is 2. The summed E-state index contributed by atoms with van der Waals surface area (Å²) in [6, 6.07) is 31.9. The molecular weight excluding hydrogens is 382 g/mol. The Hall–Kier alpha value is -4.31. The minimum absolute atomic E-state index is 0.583. The van der Waals surface area contributed by atoms with Gasteiger partial charge in [-0.05, 0) is 22.9 Å². The van der Waals surface area contributed by atoms with Crippen LogP contribution in [0.3, 0.4) is 0 Å². The molecule has 0 radical (unpaired) electrons. The minimum atomic E-state index is 0.583. The third-order valence-corrected chi connectivity index (χ3v) is 6.07. The van der Waals surface area contributed by atoms with Gasteiger partial charge in [-0.1, -0.05) is 78.9 Å². The van der Waals surface area contributed by atoms with Crippen LogP contribution in [0.25, 0.3) is 55.5 Å². The van der Waals surface area contributed by atoms with Crippen LogP contribution in [0, 0.1) is 0 Å². The molecule has 4 aromatic carbocycles. The third-order valence-electron chi connectivity index (χ3n) is 6.07. The van der Waals surface area contributed by atoms with E-state index in [1.165, 1.54) is 21.5 Å². The summed E-state index contributed by atoms with van der Waals surface area (Å²) >= 11 is 0. The molecule has 7 rings (SSSR count). The highest BCUT2D eigenvalue weighted by Crippen LogP contribution is 2.38. The van der Waals surface area contributed by atoms with Gasteiger partial charge in [0.15, 0.2) is 5.82 Å². The fourth-order valence-electron chi connectivity index (χ4n) is 4.75. The van der Waals surface area contributed by atoms with Gasteiger partial charge in [0.2, 0.25) is 0 Å². The van der Waals surface area contributed by atoms with Crippen molar-refractivity contribution < 1.29 is 4.42 Å². The van der Waals surface area contributed by atoms with Crippen molar-refractivity contribution in [1.29, 1.82) is 0 Å². The topological polar surface area (TPSA) is 35.4 Å². The molecule has 0 atom stereocenters. The van der Waals surface area contributed by atoms with Crippen LogP contribution in [0.15, 0.2) is 108 Å². The molecule has 0 aliphatic carbocycles. The van der Waals surface area contributed by atoms with E-state index >= 15 is 0 Å². The molecule has 4 nitrogen and oxygen atoms in total. The van der Waals surface area contributed by atoms with Crippen LogP contribution in [0.4, 0.5) is 0 Å². The first kappa shape index (κ1) is 16.5. The molecule has 0 fully saturated rings. The maximum absolute atomic E-state index is 5.73. The van der Waals surface area contributed by atoms with Gasteiger partial charge in [0.1, 0.15) is 12.0 Å². The number of hydrogen-bond donors (Lipinski definition) is 0. The van der Waals surface area contributed by atoms with Crippen molar-refractivity contribution in [3.8, 4) is 17.1 Å². The zero-order valence-corrected chi connectivity index (χ0v) is 16.6. The smallest absolute Gasteiger partial charge is 0.308 e. The molecule has 3 aromatic heterocycles. The molecule has 0 saturated heterocycles. The van der Waals surface area contributed by atoms with Gasteiger partial charge in [-0.3, -0.25) is 8.97 Å². The van der Waals surface area contributed by atoms with Gasteiger partial charge in [0, 0.05) is 16.3 Å². The van der Waals surface area contributed by atoms with Gasteiger partial charge in [0.25, 0.3) is 0 Å². The number of fused-ring (bicyclic) bond motifs is 5. The van der Waals surface area contributed by atoms with Gasteiger partial charge in [-0.2, -0.15) is 4.98 Å². The summed E-state index contributed by atoms with van der Waals surface area (Å²) < 4.78 is 10.1. The molecule has 0 aliphatic rings. The van der Waals surface area contributed by atoms with Crippen LogP contribution in [0.5, 0.6) is 0 Å². The predicted octanol–water partition coefficient (Wildman–Crippen LogP) is 6.84. The number of benzene rings is 4. The summed E-state index contributed by atoms with van der Waals surface area (Å²) in [4.78, 5) is 4.94. The van der Waals surface area contributed by atoms with E-state index in [0.29, 0.717) is 5.84 Å². The molecule has 0 spiro atoms. The maximum atomic E-state index is 5.73. The molecule has 0 N–H and O–H groups in total. The van der Waals surface area contributed by atoms with Crippen molar-refractivity contribution in [2.75, 3.05) is 0 Å². The molecular formula is C27H17N3O. The Bertz CT molecular complexity index is 1690. The van der Waals surface area contributed by atoms with Crippen LogP contribution in [-0.4, -0.2) is 14.0 Å². The van der Waals surface area contributed by atoms with E-state index in [2.05, 4.69) is 95.6 Å². The Morgan fingerprint density at radius 3 is 2.06 bits per heavy atom. The lowest BCUT2D eigenvalue weighted by Crippen LogP contribution is -2.00. The SMILES string of the molecule is c1ccc2c(-c3nc4occn4c3-n3c4ccccc4c4ccccc43)cccc2c1. The lowest BCUT2D eigenvalue weighted by molar-refractivity contribution is 0.596. The maximum Gasteiger partial charge on any atom is 0.308 e. The van der Waals surface area contributed by atoms with E-state index in [9.17, 15) is 0 Å². The average molecular weight is 399 g/mol. The summed E-state index contributed by atoms with van der Waals surface area (Å²) in [5.41, 5.74) is 4.29. The highest BCUT2D eigenvalue weighted by Gasteiger charge is 2.22. The molecule has 0 unspecified atom stereocenters. The third kappa shape index (κ3) is 2.21. The molecule has 3 heterocycles. The summed E-state index contributed by atoms with van der Waals surface area (Å²) in [6.45, 7) is 0. The highest BCUT2D eigenvalue weighted by molar-refractivity contribution is 6.10. The second kappa shape index (κ2) is 6.09. The number of nitrogens with zero attached hydrogens (tertiary/aromatic N) is 3. The monoisotopic (exact) mass is 399 g/mol. The molecule has 146 valence electrons. The van der Waals surface area contributed by atoms with Gasteiger partial charge in [-0.25, -0.2) is 0 Å². The fourth-order valence-corrected chi connectivity index (χ4v) is 4.75. The van der Waals surface area contributed by atoms with E-state index in [-0.39, 0.29) is 0 Å². The lowest BCUT2D eigenvalue weighted by atomic mass is 10.0. The number of oxazole rings is 1. The largest absolute Gasteiger partial charge is 0.432 e. The second-order valence-electron chi connectivity index (χ2n) is 7.74. The first-order chi connectivity index (χ1) is 15.4. The zero-order chi connectivity index (χ0) is 20.4. The van der Waals surface area contributed by atoms with Crippen molar-refractivity contribution in [3.05, 3.63) is 103 Å².